The smallest absolute Gasteiger partial charge is 0.0619 e. The molecular formula is C10H19NO2. The number of ether oxygens (including phenoxy) is 1. The van der Waals surface area contributed by atoms with E-state index in [1.807, 2.05) is 0 Å². The molecule has 1 aliphatic carbocycles. The largest absolute Gasteiger partial charge is 0.396 e. The van der Waals surface area contributed by atoms with Crippen LogP contribution >= 0.6 is 0 Å². The van der Waals surface area contributed by atoms with Gasteiger partial charge in [-0.2, -0.15) is 0 Å². The molecule has 1 saturated heterocycles. The fourth-order valence-electron chi connectivity index (χ4n) is 1.97. The van der Waals surface area contributed by atoms with Gasteiger partial charge >= 0.3 is 0 Å². The number of hydrogen-bond acceptors (Lipinski definition) is 3. The van der Waals surface area contributed by atoms with Gasteiger partial charge in [0.25, 0.3) is 0 Å². The van der Waals surface area contributed by atoms with E-state index in [2.05, 4.69) is 11.8 Å². The van der Waals surface area contributed by atoms with Crippen LogP contribution in [0.1, 0.15) is 19.8 Å². The molecule has 0 amide bonds. The van der Waals surface area contributed by atoms with Gasteiger partial charge in [0, 0.05) is 31.2 Å². The molecule has 1 saturated carbocycles. The van der Waals surface area contributed by atoms with Crippen LogP contribution in [0, 0.1) is 5.41 Å². The van der Waals surface area contributed by atoms with Crippen molar-refractivity contribution in [3.8, 4) is 0 Å². The SMILES string of the molecule is CC1COCCN1CC1(CO)CC1. The van der Waals surface area contributed by atoms with Crippen LogP contribution in [0.25, 0.3) is 0 Å². The molecule has 76 valence electrons. The van der Waals surface area contributed by atoms with Gasteiger partial charge in [-0.05, 0) is 19.8 Å². The molecule has 1 atom stereocenters. The predicted octanol–water partition coefficient (Wildman–Crippen LogP) is 0.480. The van der Waals surface area contributed by atoms with E-state index in [1.165, 1.54) is 12.8 Å². The summed E-state index contributed by atoms with van der Waals surface area (Å²) in [5, 5.41) is 9.22. The van der Waals surface area contributed by atoms with Crippen LogP contribution in [-0.2, 0) is 4.74 Å². The third-order valence-corrected chi connectivity index (χ3v) is 3.34. The Bertz CT molecular complexity index is 180. The summed E-state index contributed by atoms with van der Waals surface area (Å²) in [7, 11) is 0. The monoisotopic (exact) mass is 185 g/mol. The van der Waals surface area contributed by atoms with Crippen LogP contribution in [0.2, 0.25) is 0 Å². The highest BCUT2D eigenvalue weighted by molar-refractivity contribution is 4.96. The second-order valence-corrected chi connectivity index (χ2v) is 4.55. The summed E-state index contributed by atoms with van der Waals surface area (Å²) >= 11 is 0. The van der Waals surface area contributed by atoms with E-state index < -0.39 is 0 Å². The highest BCUT2D eigenvalue weighted by Gasteiger charge is 2.44. The maximum Gasteiger partial charge on any atom is 0.0619 e. The van der Waals surface area contributed by atoms with Gasteiger partial charge in [0.15, 0.2) is 0 Å². The lowest BCUT2D eigenvalue weighted by Gasteiger charge is -2.35. The zero-order chi connectivity index (χ0) is 9.31. The Kier molecular flexibility index (Phi) is 2.58. The van der Waals surface area contributed by atoms with E-state index in [4.69, 9.17) is 4.74 Å². The highest BCUT2D eigenvalue weighted by atomic mass is 16.5. The minimum atomic E-state index is 0.256. The van der Waals surface area contributed by atoms with Crippen molar-refractivity contribution in [2.75, 3.05) is 32.9 Å². The van der Waals surface area contributed by atoms with E-state index in [9.17, 15) is 5.11 Å². The number of rotatable bonds is 3. The number of nitrogens with zero attached hydrogens (tertiary/aromatic N) is 1. The average Bonchev–Trinajstić information content (AvgIpc) is 2.90. The summed E-state index contributed by atoms with van der Waals surface area (Å²) in [6.07, 6.45) is 2.40. The first-order valence-corrected chi connectivity index (χ1v) is 5.18. The fourth-order valence-corrected chi connectivity index (χ4v) is 1.97. The van der Waals surface area contributed by atoms with E-state index in [0.29, 0.717) is 12.6 Å². The molecule has 2 aliphatic rings. The molecule has 0 bridgehead atoms. The average molecular weight is 185 g/mol. The number of aliphatic hydroxyl groups is 1. The molecular weight excluding hydrogens is 166 g/mol. The number of morpholine rings is 1. The molecule has 3 heteroatoms. The van der Waals surface area contributed by atoms with Gasteiger partial charge < -0.3 is 9.84 Å². The Labute approximate surface area is 79.7 Å². The van der Waals surface area contributed by atoms with Gasteiger partial charge in [-0.3, -0.25) is 4.90 Å². The van der Waals surface area contributed by atoms with E-state index in [-0.39, 0.29) is 5.41 Å². The molecule has 1 unspecified atom stereocenters. The Morgan fingerprint density at radius 2 is 2.31 bits per heavy atom. The van der Waals surface area contributed by atoms with Crippen LogP contribution in [0.3, 0.4) is 0 Å². The van der Waals surface area contributed by atoms with Crippen molar-refractivity contribution < 1.29 is 9.84 Å². The lowest BCUT2D eigenvalue weighted by molar-refractivity contribution is -0.0142. The van der Waals surface area contributed by atoms with Gasteiger partial charge in [-0.25, -0.2) is 0 Å². The van der Waals surface area contributed by atoms with Gasteiger partial charge in [-0.15, -0.1) is 0 Å². The van der Waals surface area contributed by atoms with Crippen LogP contribution in [0.4, 0.5) is 0 Å². The van der Waals surface area contributed by atoms with E-state index >= 15 is 0 Å². The van der Waals surface area contributed by atoms with Gasteiger partial charge in [0.1, 0.15) is 0 Å². The Hall–Kier alpha value is -0.120. The molecule has 0 aromatic heterocycles. The van der Waals surface area contributed by atoms with Crippen molar-refractivity contribution >= 4 is 0 Å². The molecule has 0 aromatic carbocycles. The number of aliphatic hydroxyl groups excluding tert-OH is 1. The van der Waals surface area contributed by atoms with Crippen molar-refractivity contribution in [3.63, 3.8) is 0 Å². The quantitative estimate of drug-likeness (QED) is 0.694. The molecule has 3 nitrogen and oxygen atoms in total. The second-order valence-electron chi connectivity index (χ2n) is 4.55. The van der Waals surface area contributed by atoms with Gasteiger partial charge in [-0.1, -0.05) is 0 Å². The molecule has 0 aromatic rings. The molecule has 1 heterocycles. The Morgan fingerprint density at radius 1 is 1.54 bits per heavy atom. The van der Waals surface area contributed by atoms with Crippen LogP contribution in [-0.4, -0.2) is 49.0 Å². The molecule has 0 radical (unpaired) electrons. The Balaban J connectivity index is 1.85. The molecule has 0 spiro atoms. The lowest BCUT2D eigenvalue weighted by Crippen LogP contribution is -2.46. The zero-order valence-corrected chi connectivity index (χ0v) is 8.33. The molecule has 2 fully saturated rings. The molecule has 13 heavy (non-hydrogen) atoms. The third kappa shape index (κ3) is 2.03. The predicted molar refractivity (Wildman–Crippen MR) is 50.6 cm³/mol. The maximum atomic E-state index is 9.22. The van der Waals surface area contributed by atoms with E-state index in [0.717, 1.165) is 26.3 Å². The first-order chi connectivity index (χ1) is 6.26. The van der Waals surface area contributed by atoms with Crippen molar-refractivity contribution in [3.05, 3.63) is 0 Å². The summed E-state index contributed by atoms with van der Waals surface area (Å²) in [6.45, 7) is 6.36. The topological polar surface area (TPSA) is 32.7 Å². The van der Waals surface area contributed by atoms with Gasteiger partial charge in [0.05, 0.1) is 13.2 Å². The minimum Gasteiger partial charge on any atom is -0.396 e. The first kappa shape index (κ1) is 9.44. The fraction of sp³-hybridized carbons (Fsp3) is 1.00. The summed E-state index contributed by atoms with van der Waals surface area (Å²) < 4.78 is 5.38. The van der Waals surface area contributed by atoms with Crippen molar-refractivity contribution in [2.45, 2.75) is 25.8 Å². The zero-order valence-electron chi connectivity index (χ0n) is 8.33. The van der Waals surface area contributed by atoms with Crippen LogP contribution < -0.4 is 0 Å². The first-order valence-electron chi connectivity index (χ1n) is 5.18. The molecule has 1 N–H and O–H groups in total. The van der Waals surface area contributed by atoms with Crippen LogP contribution in [0.15, 0.2) is 0 Å². The van der Waals surface area contributed by atoms with Gasteiger partial charge in [0.2, 0.25) is 0 Å². The standard InChI is InChI=1S/C10H19NO2/c1-9-6-13-5-4-11(9)7-10(8-12)2-3-10/h9,12H,2-8H2,1H3. The third-order valence-electron chi connectivity index (χ3n) is 3.34. The summed E-state index contributed by atoms with van der Waals surface area (Å²) in [5.41, 5.74) is 0.256. The molecule has 1 aliphatic heterocycles. The normalized spacial score (nSPS) is 33.2. The van der Waals surface area contributed by atoms with Crippen molar-refractivity contribution in [1.29, 1.82) is 0 Å². The van der Waals surface area contributed by atoms with Crippen LogP contribution in [0.5, 0.6) is 0 Å². The minimum absolute atomic E-state index is 0.256. The summed E-state index contributed by atoms with van der Waals surface area (Å²) in [4.78, 5) is 2.45. The van der Waals surface area contributed by atoms with E-state index in [1.54, 1.807) is 0 Å². The lowest BCUT2D eigenvalue weighted by atomic mass is 10.1. The highest BCUT2D eigenvalue weighted by Crippen LogP contribution is 2.45. The maximum absolute atomic E-state index is 9.22. The van der Waals surface area contributed by atoms with Crippen molar-refractivity contribution in [1.82, 2.24) is 4.90 Å². The van der Waals surface area contributed by atoms with Crippen molar-refractivity contribution in [2.24, 2.45) is 5.41 Å². The second kappa shape index (κ2) is 3.56. The number of hydrogen-bond donors (Lipinski definition) is 1. The Morgan fingerprint density at radius 3 is 2.85 bits per heavy atom. The molecule has 2 rings (SSSR count). The summed E-state index contributed by atoms with van der Waals surface area (Å²) in [6, 6.07) is 0.526. The summed E-state index contributed by atoms with van der Waals surface area (Å²) in [5.74, 6) is 0.